The van der Waals surface area contributed by atoms with Crippen LogP contribution in [0.15, 0.2) is 47.5 Å². The zero-order chi connectivity index (χ0) is 21.2. The number of sulfone groups is 1. The Balaban J connectivity index is 1.64. The Morgan fingerprint density at radius 3 is 2.28 bits per heavy atom. The number of amides is 1. The zero-order valence-corrected chi connectivity index (χ0v) is 17.9. The van der Waals surface area contributed by atoms with Crippen LogP contribution in [0.25, 0.3) is 0 Å². The van der Waals surface area contributed by atoms with Gasteiger partial charge in [0.15, 0.2) is 9.84 Å². The monoisotopic (exact) mass is 417 g/mol. The Labute approximate surface area is 172 Å². The summed E-state index contributed by atoms with van der Waals surface area (Å²) in [6, 6.07) is 9.87. The highest BCUT2D eigenvalue weighted by atomic mass is 32.2. The van der Waals surface area contributed by atoms with Crippen molar-refractivity contribution in [3.63, 3.8) is 0 Å². The number of nitrogens with one attached hydrogen (secondary N) is 1. The van der Waals surface area contributed by atoms with Gasteiger partial charge in [-0.25, -0.2) is 13.4 Å². The van der Waals surface area contributed by atoms with Crippen LogP contribution < -0.4 is 10.2 Å². The molecular weight excluding hydrogens is 390 g/mol. The average molecular weight is 418 g/mol. The maximum atomic E-state index is 12.6. The van der Waals surface area contributed by atoms with Gasteiger partial charge in [0.05, 0.1) is 28.7 Å². The van der Waals surface area contributed by atoms with E-state index in [-0.39, 0.29) is 29.1 Å². The standard InChI is InChI=1S/C21H27N3O4S/c1-14-12-24(13-15(2)28-14)20-10-7-18(11-22-20)21(25)23-16(3)17-5-8-19(9-6-17)29(4,26)27/h5-11,14-16H,12-13H2,1-4H3,(H,23,25). The normalized spacial score (nSPS) is 20.9. The lowest BCUT2D eigenvalue weighted by atomic mass is 10.1. The molecule has 1 aromatic heterocycles. The first-order chi connectivity index (χ1) is 13.6. The minimum Gasteiger partial charge on any atom is -0.372 e. The lowest BCUT2D eigenvalue weighted by Crippen LogP contribution is -2.45. The van der Waals surface area contributed by atoms with Crippen molar-refractivity contribution in [1.82, 2.24) is 10.3 Å². The minimum atomic E-state index is -3.24. The molecule has 3 atom stereocenters. The van der Waals surface area contributed by atoms with Crippen LogP contribution in [-0.2, 0) is 14.6 Å². The van der Waals surface area contributed by atoms with Crippen molar-refractivity contribution in [3.8, 4) is 0 Å². The van der Waals surface area contributed by atoms with E-state index in [1.54, 1.807) is 36.5 Å². The molecule has 0 spiro atoms. The predicted molar refractivity (Wildman–Crippen MR) is 112 cm³/mol. The van der Waals surface area contributed by atoms with E-state index in [1.807, 2.05) is 26.8 Å². The highest BCUT2D eigenvalue weighted by Crippen LogP contribution is 2.20. The minimum absolute atomic E-state index is 0.137. The number of rotatable bonds is 5. The molecular formula is C21H27N3O4S. The lowest BCUT2D eigenvalue weighted by molar-refractivity contribution is -0.00546. The van der Waals surface area contributed by atoms with E-state index in [0.717, 1.165) is 24.5 Å². The van der Waals surface area contributed by atoms with Crippen LogP contribution in [0, 0.1) is 0 Å². The fourth-order valence-corrected chi connectivity index (χ4v) is 4.07. The summed E-state index contributed by atoms with van der Waals surface area (Å²) in [5, 5.41) is 2.92. The second kappa shape index (κ2) is 8.51. The van der Waals surface area contributed by atoms with Gasteiger partial charge in [0, 0.05) is 25.5 Å². The summed E-state index contributed by atoms with van der Waals surface area (Å²) in [4.78, 5) is 19.4. The van der Waals surface area contributed by atoms with Gasteiger partial charge in [0.1, 0.15) is 5.82 Å². The van der Waals surface area contributed by atoms with Crippen LogP contribution in [0.3, 0.4) is 0 Å². The van der Waals surface area contributed by atoms with Gasteiger partial charge in [0.25, 0.3) is 5.91 Å². The molecule has 3 unspecified atom stereocenters. The van der Waals surface area contributed by atoms with E-state index in [4.69, 9.17) is 4.74 Å². The summed E-state index contributed by atoms with van der Waals surface area (Å²) < 4.78 is 28.9. The fourth-order valence-electron chi connectivity index (χ4n) is 3.44. The molecule has 29 heavy (non-hydrogen) atoms. The van der Waals surface area contributed by atoms with Crippen LogP contribution in [0.5, 0.6) is 0 Å². The highest BCUT2D eigenvalue weighted by molar-refractivity contribution is 7.90. The molecule has 0 aliphatic carbocycles. The summed E-state index contributed by atoms with van der Waals surface area (Å²) >= 11 is 0. The third-order valence-electron chi connectivity index (χ3n) is 4.91. The molecule has 3 rings (SSSR count). The van der Waals surface area contributed by atoms with Crippen molar-refractivity contribution in [3.05, 3.63) is 53.7 Å². The van der Waals surface area contributed by atoms with Gasteiger partial charge in [0.2, 0.25) is 0 Å². The quantitative estimate of drug-likeness (QED) is 0.804. The van der Waals surface area contributed by atoms with Crippen LogP contribution in [0.4, 0.5) is 5.82 Å². The largest absolute Gasteiger partial charge is 0.372 e. The molecule has 1 saturated heterocycles. The van der Waals surface area contributed by atoms with Crippen molar-refractivity contribution in [2.75, 3.05) is 24.2 Å². The summed E-state index contributed by atoms with van der Waals surface area (Å²) in [7, 11) is -3.24. The Morgan fingerprint density at radius 1 is 1.14 bits per heavy atom. The van der Waals surface area contributed by atoms with Crippen LogP contribution in [0.2, 0.25) is 0 Å². The van der Waals surface area contributed by atoms with Crippen molar-refractivity contribution in [1.29, 1.82) is 0 Å². The van der Waals surface area contributed by atoms with Crippen LogP contribution >= 0.6 is 0 Å². The Bertz CT molecular complexity index is 948. The smallest absolute Gasteiger partial charge is 0.253 e. The maximum absolute atomic E-state index is 12.6. The maximum Gasteiger partial charge on any atom is 0.253 e. The first-order valence-electron chi connectivity index (χ1n) is 9.61. The number of hydrogen-bond donors (Lipinski definition) is 1. The van der Waals surface area contributed by atoms with Crippen molar-refractivity contribution < 1.29 is 17.9 Å². The average Bonchev–Trinajstić information content (AvgIpc) is 2.66. The van der Waals surface area contributed by atoms with Gasteiger partial charge in [-0.2, -0.15) is 0 Å². The predicted octanol–water partition coefficient (Wildman–Crippen LogP) is 2.59. The van der Waals surface area contributed by atoms with Gasteiger partial charge in [-0.3, -0.25) is 4.79 Å². The third kappa shape index (κ3) is 5.33. The van der Waals surface area contributed by atoms with E-state index < -0.39 is 9.84 Å². The first-order valence-corrected chi connectivity index (χ1v) is 11.5. The second-order valence-corrected chi connectivity index (χ2v) is 9.62. The number of pyridine rings is 1. The van der Waals surface area contributed by atoms with E-state index >= 15 is 0 Å². The van der Waals surface area contributed by atoms with Crippen molar-refractivity contribution in [2.24, 2.45) is 0 Å². The molecule has 2 aromatic rings. The van der Waals surface area contributed by atoms with Crippen molar-refractivity contribution in [2.45, 2.75) is 43.9 Å². The number of nitrogens with zero attached hydrogens (tertiary/aromatic N) is 2. The third-order valence-corrected chi connectivity index (χ3v) is 6.04. The number of ether oxygens (including phenoxy) is 1. The van der Waals surface area contributed by atoms with E-state index in [1.165, 1.54) is 6.26 Å². The topological polar surface area (TPSA) is 88.6 Å². The van der Waals surface area contributed by atoms with Gasteiger partial charge in [-0.05, 0) is 50.6 Å². The van der Waals surface area contributed by atoms with Gasteiger partial charge in [-0.1, -0.05) is 12.1 Å². The number of aromatic nitrogens is 1. The molecule has 1 aliphatic rings. The molecule has 8 heteroatoms. The van der Waals surface area contributed by atoms with Gasteiger partial charge >= 0.3 is 0 Å². The number of hydrogen-bond acceptors (Lipinski definition) is 6. The first kappa shape index (κ1) is 21.3. The second-order valence-electron chi connectivity index (χ2n) is 7.60. The van der Waals surface area contributed by atoms with Crippen LogP contribution in [-0.4, -0.2) is 50.9 Å². The summed E-state index contributed by atoms with van der Waals surface area (Å²) in [6.07, 6.45) is 3.02. The van der Waals surface area contributed by atoms with Crippen molar-refractivity contribution >= 4 is 21.6 Å². The lowest BCUT2D eigenvalue weighted by Gasteiger charge is -2.36. The SMILES string of the molecule is CC1CN(c2ccc(C(=O)NC(C)c3ccc(S(C)(=O)=O)cc3)cn2)CC(C)O1. The number of carbonyl (C=O) groups excluding carboxylic acids is 1. The molecule has 156 valence electrons. The fraction of sp³-hybridized carbons (Fsp3) is 0.429. The Morgan fingerprint density at radius 2 is 1.76 bits per heavy atom. The summed E-state index contributed by atoms with van der Waals surface area (Å²) in [5.74, 6) is 0.598. The molecule has 1 amide bonds. The summed E-state index contributed by atoms with van der Waals surface area (Å²) in [6.45, 7) is 7.46. The zero-order valence-electron chi connectivity index (χ0n) is 17.1. The Kier molecular flexibility index (Phi) is 6.24. The molecule has 0 bridgehead atoms. The van der Waals surface area contributed by atoms with Gasteiger partial charge in [-0.15, -0.1) is 0 Å². The molecule has 2 heterocycles. The highest BCUT2D eigenvalue weighted by Gasteiger charge is 2.23. The van der Waals surface area contributed by atoms with E-state index in [9.17, 15) is 13.2 Å². The molecule has 1 N–H and O–H groups in total. The molecule has 1 aromatic carbocycles. The summed E-state index contributed by atoms with van der Waals surface area (Å²) in [5.41, 5.74) is 1.30. The molecule has 0 radical (unpaired) electrons. The molecule has 0 saturated carbocycles. The number of anilines is 1. The number of morpholine rings is 1. The van der Waals surface area contributed by atoms with Crippen LogP contribution in [0.1, 0.15) is 42.7 Å². The van der Waals surface area contributed by atoms with Gasteiger partial charge < -0.3 is 15.0 Å². The number of benzene rings is 1. The molecule has 7 nitrogen and oxygen atoms in total. The Hall–Kier alpha value is -2.45. The molecule has 1 fully saturated rings. The van der Waals surface area contributed by atoms with E-state index in [0.29, 0.717) is 5.56 Å². The number of carbonyl (C=O) groups is 1. The van der Waals surface area contributed by atoms with E-state index in [2.05, 4.69) is 15.2 Å². The molecule has 1 aliphatic heterocycles.